The lowest BCUT2D eigenvalue weighted by Crippen LogP contribution is -2.38. The highest BCUT2D eigenvalue weighted by atomic mass is 16.2. The van der Waals surface area contributed by atoms with Crippen LogP contribution in [-0.4, -0.2) is 19.5 Å². The molecule has 2 aromatic heterocycles. The SMILES string of the molecule is Cn1c(=O)c(=O)[nH]c2c(=O)[nH]c(=O)[nH]c21. The predicted octanol–water partition coefficient (Wildman–Crippen LogP) is -2.40. The van der Waals surface area contributed by atoms with E-state index in [1.165, 1.54) is 7.05 Å². The average molecular weight is 210 g/mol. The number of hydrogen-bond donors (Lipinski definition) is 3. The second-order valence-electron chi connectivity index (χ2n) is 2.95. The van der Waals surface area contributed by atoms with Gasteiger partial charge in [-0.05, 0) is 0 Å². The molecule has 0 atom stereocenters. The molecule has 2 heterocycles. The molecule has 0 aliphatic heterocycles. The molecule has 8 nitrogen and oxygen atoms in total. The Bertz CT molecular complexity index is 759. The number of hydrogen-bond acceptors (Lipinski definition) is 4. The molecule has 0 amide bonds. The molecule has 3 N–H and O–H groups in total. The quantitative estimate of drug-likeness (QED) is 0.420. The van der Waals surface area contributed by atoms with Gasteiger partial charge >= 0.3 is 16.8 Å². The Labute approximate surface area is 80.2 Å². The molecule has 0 saturated heterocycles. The lowest BCUT2D eigenvalue weighted by atomic mass is 10.5. The summed E-state index contributed by atoms with van der Waals surface area (Å²) >= 11 is 0. The molecule has 2 aromatic rings. The minimum Gasteiger partial charge on any atom is -0.310 e. The molecule has 0 aromatic carbocycles. The van der Waals surface area contributed by atoms with Gasteiger partial charge in [0.05, 0.1) is 0 Å². The van der Waals surface area contributed by atoms with E-state index in [1.54, 1.807) is 0 Å². The summed E-state index contributed by atoms with van der Waals surface area (Å²) in [5.41, 5.74) is -3.41. The van der Waals surface area contributed by atoms with E-state index in [0.717, 1.165) is 4.57 Å². The minimum atomic E-state index is -0.914. The zero-order valence-corrected chi connectivity index (χ0v) is 7.58. The summed E-state index contributed by atoms with van der Waals surface area (Å²) in [6.07, 6.45) is 0. The molecule has 0 unspecified atom stereocenters. The van der Waals surface area contributed by atoms with Crippen molar-refractivity contribution in [3.8, 4) is 0 Å². The Hall–Kier alpha value is -2.38. The van der Waals surface area contributed by atoms with Crippen LogP contribution in [0.15, 0.2) is 19.2 Å². The third-order valence-electron chi connectivity index (χ3n) is 2.00. The summed E-state index contributed by atoms with van der Waals surface area (Å²) in [4.78, 5) is 50.7. The molecular formula is C7H6N4O4. The molecule has 78 valence electrons. The van der Waals surface area contributed by atoms with Gasteiger partial charge in [0.1, 0.15) is 11.2 Å². The Morgan fingerprint density at radius 2 is 1.60 bits per heavy atom. The van der Waals surface area contributed by atoms with Gasteiger partial charge < -0.3 is 4.98 Å². The van der Waals surface area contributed by atoms with Gasteiger partial charge in [-0.15, -0.1) is 0 Å². The maximum Gasteiger partial charge on any atom is 0.327 e. The van der Waals surface area contributed by atoms with Crippen LogP contribution in [0.2, 0.25) is 0 Å². The van der Waals surface area contributed by atoms with E-state index in [-0.39, 0.29) is 11.2 Å². The second-order valence-corrected chi connectivity index (χ2v) is 2.95. The third kappa shape index (κ3) is 1.23. The van der Waals surface area contributed by atoms with Crippen LogP contribution < -0.4 is 22.4 Å². The molecule has 0 radical (unpaired) electrons. The van der Waals surface area contributed by atoms with Crippen molar-refractivity contribution in [2.45, 2.75) is 0 Å². The molecule has 0 aliphatic carbocycles. The van der Waals surface area contributed by atoms with Crippen LogP contribution in [0, 0.1) is 0 Å². The smallest absolute Gasteiger partial charge is 0.310 e. The largest absolute Gasteiger partial charge is 0.327 e. The summed E-state index contributed by atoms with van der Waals surface area (Å²) in [6.45, 7) is 0. The summed E-state index contributed by atoms with van der Waals surface area (Å²) in [5.74, 6) is 0. The molecule has 0 spiro atoms. The topological polar surface area (TPSA) is 121 Å². The van der Waals surface area contributed by atoms with Crippen molar-refractivity contribution >= 4 is 11.2 Å². The van der Waals surface area contributed by atoms with E-state index >= 15 is 0 Å². The minimum absolute atomic E-state index is 0.0200. The molecule has 0 saturated carbocycles. The molecule has 0 aliphatic rings. The number of fused-ring (bicyclic) bond motifs is 1. The van der Waals surface area contributed by atoms with Crippen LogP contribution in [0.25, 0.3) is 11.2 Å². The van der Waals surface area contributed by atoms with E-state index in [1.807, 2.05) is 4.98 Å². The van der Waals surface area contributed by atoms with Crippen LogP contribution in [0.1, 0.15) is 0 Å². The highest BCUT2D eigenvalue weighted by Gasteiger charge is 2.07. The summed E-state index contributed by atoms with van der Waals surface area (Å²) in [7, 11) is 1.29. The Kier molecular flexibility index (Phi) is 1.72. The number of H-pyrrole nitrogens is 3. The molecule has 0 bridgehead atoms. The Morgan fingerprint density at radius 1 is 0.933 bits per heavy atom. The van der Waals surface area contributed by atoms with Crippen molar-refractivity contribution in [2.75, 3.05) is 0 Å². The molecular weight excluding hydrogens is 204 g/mol. The first-order chi connectivity index (χ1) is 7.00. The van der Waals surface area contributed by atoms with Gasteiger partial charge in [0.2, 0.25) is 0 Å². The van der Waals surface area contributed by atoms with Crippen molar-refractivity contribution in [3.05, 3.63) is 41.5 Å². The normalized spacial score (nSPS) is 10.7. The fourth-order valence-electron chi connectivity index (χ4n) is 1.26. The van der Waals surface area contributed by atoms with E-state index < -0.39 is 22.4 Å². The first-order valence-electron chi connectivity index (χ1n) is 3.96. The zero-order chi connectivity index (χ0) is 11.2. The van der Waals surface area contributed by atoms with E-state index in [2.05, 4.69) is 9.97 Å². The van der Waals surface area contributed by atoms with Gasteiger partial charge in [-0.1, -0.05) is 0 Å². The average Bonchev–Trinajstić information content (AvgIpc) is 2.17. The van der Waals surface area contributed by atoms with Crippen LogP contribution in [0.3, 0.4) is 0 Å². The highest BCUT2D eigenvalue weighted by Crippen LogP contribution is 1.91. The van der Waals surface area contributed by atoms with Gasteiger partial charge in [0, 0.05) is 7.05 Å². The maximum absolute atomic E-state index is 11.3. The number of rotatable bonds is 0. The van der Waals surface area contributed by atoms with E-state index in [9.17, 15) is 19.2 Å². The van der Waals surface area contributed by atoms with Crippen molar-refractivity contribution in [1.29, 1.82) is 0 Å². The summed E-state index contributed by atoms with van der Waals surface area (Å²) < 4.78 is 0.908. The number of aromatic nitrogens is 4. The van der Waals surface area contributed by atoms with Crippen molar-refractivity contribution in [2.24, 2.45) is 7.05 Å². The lowest BCUT2D eigenvalue weighted by Gasteiger charge is -2.00. The van der Waals surface area contributed by atoms with Crippen LogP contribution in [0.4, 0.5) is 0 Å². The summed E-state index contributed by atoms with van der Waals surface area (Å²) in [6, 6.07) is 0. The van der Waals surface area contributed by atoms with Gasteiger partial charge in [0.15, 0.2) is 0 Å². The van der Waals surface area contributed by atoms with E-state index in [4.69, 9.17) is 0 Å². The number of aromatic amines is 3. The first kappa shape index (κ1) is 9.19. The monoisotopic (exact) mass is 210 g/mol. The maximum atomic E-state index is 11.3. The zero-order valence-electron chi connectivity index (χ0n) is 7.58. The van der Waals surface area contributed by atoms with Gasteiger partial charge in [-0.3, -0.25) is 28.9 Å². The fourth-order valence-corrected chi connectivity index (χ4v) is 1.26. The first-order valence-corrected chi connectivity index (χ1v) is 3.96. The van der Waals surface area contributed by atoms with Crippen LogP contribution in [-0.2, 0) is 7.05 Å². The fraction of sp³-hybridized carbons (Fsp3) is 0.143. The molecule has 0 fully saturated rings. The van der Waals surface area contributed by atoms with Crippen LogP contribution >= 0.6 is 0 Å². The standard InChI is InChI=1S/C7H6N4O4/c1-11-3-2(8-5(13)6(11)14)4(12)10-7(15)9-3/h1H3,(H,8,13)(H2,9,10,12,15). The predicted molar refractivity (Wildman–Crippen MR) is 51.1 cm³/mol. The van der Waals surface area contributed by atoms with Gasteiger partial charge in [0.25, 0.3) is 5.56 Å². The molecule has 15 heavy (non-hydrogen) atoms. The molecule has 8 heteroatoms. The van der Waals surface area contributed by atoms with E-state index in [0.29, 0.717) is 0 Å². The second kappa shape index (κ2) is 2.80. The van der Waals surface area contributed by atoms with Gasteiger partial charge in [-0.25, -0.2) is 4.79 Å². The Balaban J connectivity index is 3.28. The number of nitrogens with zero attached hydrogens (tertiary/aromatic N) is 1. The Morgan fingerprint density at radius 3 is 2.27 bits per heavy atom. The third-order valence-corrected chi connectivity index (χ3v) is 2.00. The van der Waals surface area contributed by atoms with Crippen molar-refractivity contribution in [1.82, 2.24) is 19.5 Å². The summed E-state index contributed by atoms with van der Waals surface area (Å²) in [5, 5.41) is 0. The van der Waals surface area contributed by atoms with Crippen molar-refractivity contribution < 1.29 is 0 Å². The highest BCUT2D eigenvalue weighted by molar-refractivity contribution is 5.67. The van der Waals surface area contributed by atoms with Gasteiger partial charge in [-0.2, -0.15) is 0 Å². The lowest BCUT2D eigenvalue weighted by molar-refractivity contribution is 0.842. The number of aryl methyl sites for hydroxylation is 1. The molecule has 2 rings (SSSR count). The van der Waals surface area contributed by atoms with Crippen molar-refractivity contribution in [3.63, 3.8) is 0 Å². The van der Waals surface area contributed by atoms with Crippen LogP contribution in [0.5, 0.6) is 0 Å². The number of nitrogens with one attached hydrogen (secondary N) is 3.